The lowest BCUT2D eigenvalue weighted by atomic mass is 10.1. The second-order valence-electron chi connectivity index (χ2n) is 7.15. The fourth-order valence-electron chi connectivity index (χ4n) is 3.50. The number of fused-ring (bicyclic) bond motifs is 1. The number of hydrogen-bond donors (Lipinski definition) is 0. The van der Waals surface area contributed by atoms with Crippen LogP contribution in [0, 0.1) is 24.0 Å². The van der Waals surface area contributed by atoms with Crippen LogP contribution in [-0.4, -0.2) is 25.6 Å². The van der Waals surface area contributed by atoms with E-state index in [0.29, 0.717) is 16.5 Å². The first-order valence-corrected chi connectivity index (χ1v) is 10.7. The van der Waals surface area contributed by atoms with Crippen molar-refractivity contribution in [2.75, 3.05) is 4.90 Å². The predicted molar refractivity (Wildman–Crippen MR) is 121 cm³/mol. The fourth-order valence-corrected chi connectivity index (χ4v) is 4.51. The minimum atomic E-state index is -0.465. The molecule has 0 spiro atoms. The van der Waals surface area contributed by atoms with Crippen LogP contribution in [-0.2, 0) is 17.8 Å². The van der Waals surface area contributed by atoms with Gasteiger partial charge in [-0.15, -0.1) is 0 Å². The lowest BCUT2D eigenvalue weighted by molar-refractivity contribution is -0.386. The Bertz CT molecular complexity index is 1240. The van der Waals surface area contributed by atoms with Gasteiger partial charge in [0.2, 0.25) is 0 Å². The average molecular weight is 436 g/mol. The molecular weight excluding hydrogens is 414 g/mol. The SMILES string of the molecule is CCc1ccc(N(C(=O)Cn2nc(C)c([N+](=O)[O-])c2C)c2nc3ccccc3s2)cc1. The van der Waals surface area contributed by atoms with Gasteiger partial charge >= 0.3 is 5.69 Å². The van der Waals surface area contributed by atoms with E-state index in [4.69, 9.17) is 0 Å². The van der Waals surface area contributed by atoms with E-state index in [9.17, 15) is 14.9 Å². The molecule has 2 aromatic carbocycles. The topological polar surface area (TPSA) is 94.2 Å². The molecule has 0 saturated carbocycles. The number of benzene rings is 2. The van der Waals surface area contributed by atoms with Crippen molar-refractivity contribution in [1.82, 2.24) is 14.8 Å². The monoisotopic (exact) mass is 435 g/mol. The zero-order valence-electron chi connectivity index (χ0n) is 17.4. The summed E-state index contributed by atoms with van der Waals surface area (Å²) >= 11 is 1.42. The molecule has 0 radical (unpaired) electrons. The van der Waals surface area contributed by atoms with Crippen LogP contribution in [0.1, 0.15) is 23.9 Å². The summed E-state index contributed by atoms with van der Waals surface area (Å²) in [4.78, 5) is 30.5. The molecule has 4 aromatic rings. The number of nitrogens with zero attached hydrogens (tertiary/aromatic N) is 5. The number of aryl methyl sites for hydroxylation is 2. The lowest BCUT2D eigenvalue weighted by Gasteiger charge is -2.20. The van der Waals surface area contributed by atoms with Gasteiger partial charge in [-0.1, -0.05) is 42.5 Å². The van der Waals surface area contributed by atoms with Gasteiger partial charge in [-0.3, -0.25) is 24.5 Å². The van der Waals surface area contributed by atoms with E-state index in [-0.39, 0.29) is 23.8 Å². The molecule has 0 atom stereocenters. The zero-order chi connectivity index (χ0) is 22.1. The Morgan fingerprint density at radius 1 is 1.16 bits per heavy atom. The molecule has 31 heavy (non-hydrogen) atoms. The summed E-state index contributed by atoms with van der Waals surface area (Å²) in [5, 5.41) is 16.1. The van der Waals surface area contributed by atoms with Gasteiger partial charge in [0, 0.05) is 0 Å². The van der Waals surface area contributed by atoms with Crippen molar-refractivity contribution in [2.24, 2.45) is 0 Å². The third-order valence-corrected chi connectivity index (χ3v) is 6.16. The summed E-state index contributed by atoms with van der Waals surface area (Å²) in [5.41, 5.74) is 3.24. The molecule has 4 rings (SSSR count). The van der Waals surface area contributed by atoms with Crippen LogP contribution in [0.2, 0.25) is 0 Å². The highest BCUT2D eigenvalue weighted by molar-refractivity contribution is 7.22. The van der Waals surface area contributed by atoms with E-state index < -0.39 is 4.92 Å². The van der Waals surface area contributed by atoms with Crippen LogP contribution in [0.15, 0.2) is 48.5 Å². The smallest absolute Gasteiger partial charge is 0.272 e. The first kappa shape index (κ1) is 20.7. The van der Waals surface area contributed by atoms with Crippen molar-refractivity contribution in [2.45, 2.75) is 33.7 Å². The molecule has 0 N–H and O–H groups in total. The number of carbonyl (C=O) groups excluding carboxylic acids is 1. The van der Waals surface area contributed by atoms with Gasteiger partial charge < -0.3 is 0 Å². The Kier molecular flexibility index (Phi) is 5.51. The number of amides is 1. The minimum absolute atomic E-state index is 0.0633. The number of thiazole rings is 1. The second-order valence-corrected chi connectivity index (χ2v) is 8.16. The Hall–Kier alpha value is -3.59. The van der Waals surface area contributed by atoms with Gasteiger partial charge in [-0.05, 0) is 50.1 Å². The molecule has 0 saturated heterocycles. The molecule has 0 fully saturated rings. The quantitative estimate of drug-likeness (QED) is 0.316. The maximum atomic E-state index is 13.4. The molecule has 0 aliphatic rings. The molecule has 158 valence electrons. The normalized spacial score (nSPS) is 11.1. The Morgan fingerprint density at radius 2 is 1.87 bits per heavy atom. The number of rotatable bonds is 6. The number of para-hydroxylation sites is 1. The average Bonchev–Trinajstić information content (AvgIpc) is 3.28. The van der Waals surface area contributed by atoms with Crippen molar-refractivity contribution in [3.8, 4) is 0 Å². The van der Waals surface area contributed by atoms with Gasteiger partial charge in [0.15, 0.2) is 5.13 Å². The van der Waals surface area contributed by atoms with Crippen LogP contribution in [0.5, 0.6) is 0 Å². The van der Waals surface area contributed by atoms with Gasteiger partial charge in [-0.2, -0.15) is 5.10 Å². The van der Waals surface area contributed by atoms with E-state index in [1.54, 1.807) is 18.7 Å². The number of hydrogen-bond acceptors (Lipinski definition) is 6. The van der Waals surface area contributed by atoms with Gasteiger partial charge in [0.05, 0.1) is 20.8 Å². The van der Waals surface area contributed by atoms with E-state index in [1.165, 1.54) is 16.0 Å². The van der Waals surface area contributed by atoms with E-state index >= 15 is 0 Å². The van der Waals surface area contributed by atoms with Crippen molar-refractivity contribution in [1.29, 1.82) is 0 Å². The van der Waals surface area contributed by atoms with E-state index in [1.807, 2.05) is 48.5 Å². The predicted octanol–water partition coefficient (Wildman–Crippen LogP) is 4.95. The Balaban J connectivity index is 1.75. The molecule has 8 nitrogen and oxygen atoms in total. The molecule has 0 aliphatic carbocycles. The second kappa shape index (κ2) is 8.27. The van der Waals surface area contributed by atoms with Crippen LogP contribution in [0.4, 0.5) is 16.5 Å². The zero-order valence-corrected chi connectivity index (χ0v) is 18.2. The highest BCUT2D eigenvalue weighted by atomic mass is 32.1. The largest absolute Gasteiger partial charge is 0.312 e. The van der Waals surface area contributed by atoms with E-state index in [0.717, 1.165) is 22.2 Å². The summed E-state index contributed by atoms with van der Waals surface area (Å²) in [6.07, 6.45) is 0.894. The summed E-state index contributed by atoms with van der Waals surface area (Å²) in [5.74, 6) is -0.274. The lowest BCUT2D eigenvalue weighted by Crippen LogP contribution is -2.30. The molecular formula is C22H21N5O3S. The summed E-state index contributed by atoms with van der Waals surface area (Å²) < 4.78 is 2.36. The standard InChI is InChI=1S/C22H21N5O3S/c1-4-16-9-11-17(12-10-16)26(22-23-18-7-5-6-8-19(18)31-22)20(28)13-25-15(3)21(27(29)30)14(2)24-25/h5-12H,4,13H2,1-3H3. The van der Waals surface area contributed by atoms with Crippen molar-refractivity contribution in [3.05, 3.63) is 75.6 Å². The van der Waals surface area contributed by atoms with Crippen LogP contribution in [0.25, 0.3) is 10.2 Å². The van der Waals surface area contributed by atoms with Crippen LogP contribution in [0.3, 0.4) is 0 Å². The van der Waals surface area contributed by atoms with Gasteiger partial charge in [0.25, 0.3) is 5.91 Å². The van der Waals surface area contributed by atoms with Crippen molar-refractivity contribution >= 4 is 44.0 Å². The fraction of sp³-hybridized carbons (Fsp3) is 0.227. The first-order valence-electron chi connectivity index (χ1n) is 9.85. The van der Waals surface area contributed by atoms with Crippen molar-refractivity contribution < 1.29 is 9.72 Å². The minimum Gasteiger partial charge on any atom is -0.272 e. The number of anilines is 2. The molecule has 1 amide bonds. The van der Waals surface area contributed by atoms with Crippen molar-refractivity contribution in [3.63, 3.8) is 0 Å². The molecule has 0 aliphatic heterocycles. The third kappa shape index (κ3) is 3.91. The molecule has 9 heteroatoms. The number of carbonyl (C=O) groups is 1. The number of aromatic nitrogens is 3. The number of nitro groups is 1. The maximum absolute atomic E-state index is 13.4. The van der Waals surface area contributed by atoms with Crippen LogP contribution < -0.4 is 4.90 Å². The summed E-state index contributed by atoms with van der Waals surface area (Å²) in [7, 11) is 0. The Morgan fingerprint density at radius 3 is 2.48 bits per heavy atom. The summed E-state index contributed by atoms with van der Waals surface area (Å²) in [6.45, 7) is 5.11. The molecule has 0 unspecified atom stereocenters. The summed E-state index contributed by atoms with van der Waals surface area (Å²) in [6, 6.07) is 15.5. The Labute approximate surface area is 182 Å². The third-order valence-electron chi connectivity index (χ3n) is 5.14. The van der Waals surface area contributed by atoms with Gasteiger partial charge in [0.1, 0.15) is 17.9 Å². The molecule has 2 aromatic heterocycles. The first-order chi connectivity index (χ1) is 14.9. The highest BCUT2D eigenvalue weighted by Crippen LogP contribution is 2.34. The maximum Gasteiger partial charge on any atom is 0.312 e. The molecule has 2 heterocycles. The van der Waals surface area contributed by atoms with E-state index in [2.05, 4.69) is 17.0 Å². The van der Waals surface area contributed by atoms with Crippen LogP contribution >= 0.6 is 11.3 Å². The highest BCUT2D eigenvalue weighted by Gasteiger charge is 2.27. The van der Waals surface area contributed by atoms with Gasteiger partial charge in [-0.25, -0.2) is 4.98 Å². The molecule has 0 bridgehead atoms.